The molecule has 0 fully saturated rings. The van der Waals surface area contributed by atoms with Crippen molar-refractivity contribution in [2.75, 3.05) is 5.32 Å². The molecule has 0 saturated heterocycles. The largest absolute Gasteiger partial charge is 0.319 e. The molecular formula is C9H7ClN4O. The molecule has 6 heteroatoms. The van der Waals surface area contributed by atoms with Crippen LogP contribution in [0, 0.1) is 0 Å². The van der Waals surface area contributed by atoms with E-state index in [1.807, 2.05) is 0 Å². The number of halogens is 1. The summed E-state index contributed by atoms with van der Waals surface area (Å²) in [7, 11) is 0. The van der Waals surface area contributed by atoms with Gasteiger partial charge in [0.2, 0.25) is 0 Å². The summed E-state index contributed by atoms with van der Waals surface area (Å²) in [5.74, 6) is -0.311. The quantitative estimate of drug-likeness (QED) is 0.813. The Balaban J connectivity index is 2.19. The Hall–Kier alpha value is -1.88. The Morgan fingerprint density at radius 3 is 3.00 bits per heavy atom. The molecule has 1 amide bonds. The molecule has 0 saturated carbocycles. The summed E-state index contributed by atoms with van der Waals surface area (Å²) in [5, 5.41) is 9.28. The monoisotopic (exact) mass is 222 g/mol. The van der Waals surface area contributed by atoms with E-state index in [-0.39, 0.29) is 5.91 Å². The van der Waals surface area contributed by atoms with Crippen LogP contribution < -0.4 is 5.32 Å². The van der Waals surface area contributed by atoms with Crippen LogP contribution >= 0.6 is 11.6 Å². The summed E-state index contributed by atoms with van der Waals surface area (Å²) in [6.45, 7) is 0. The summed E-state index contributed by atoms with van der Waals surface area (Å²) in [6, 6.07) is 1.56. The Kier molecular flexibility index (Phi) is 2.64. The van der Waals surface area contributed by atoms with Crippen LogP contribution in [-0.4, -0.2) is 21.1 Å². The number of H-pyrrole nitrogens is 1. The predicted octanol–water partition coefficient (Wildman–Crippen LogP) is 1.71. The van der Waals surface area contributed by atoms with E-state index in [0.717, 1.165) is 0 Å². The van der Waals surface area contributed by atoms with Gasteiger partial charge in [-0.05, 0) is 6.07 Å². The first-order valence-electron chi connectivity index (χ1n) is 4.17. The predicted molar refractivity (Wildman–Crippen MR) is 55.8 cm³/mol. The highest BCUT2D eigenvalue weighted by Gasteiger charge is 2.10. The average Bonchev–Trinajstić information content (AvgIpc) is 2.71. The number of hydrogen-bond donors (Lipinski definition) is 2. The fraction of sp³-hybridized carbons (Fsp3) is 0. The number of nitrogens with zero attached hydrogens (tertiary/aromatic N) is 2. The molecule has 0 aliphatic heterocycles. The third kappa shape index (κ3) is 2.13. The zero-order valence-corrected chi connectivity index (χ0v) is 8.32. The van der Waals surface area contributed by atoms with Gasteiger partial charge in [-0.3, -0.25) is 14.9 Å². The van der Waals surface area contributed by atoms with E-state index in [2.05, 4.69) is 20.5 Å². The number of pyridine rings is 1. The highest BCUT2D eigenvalue weighted by atomic mass is 35.5. The molecule has 0 aromatic carbocycles. The first kappa shape index (κ1) is 9.67. The smallest absolute Gasteiger partial charge is 0.258 e. The molecule has 5 nitrogen and oxygen atoms in total. The molecule has 0 spiro atoms. The maximum atomic E-state index is 11.7. The van der Waals surface area contributed by atoms with Gasteiger partial charge in [0.1, 0.15) is 0 Å². The highest BCUT2D eigenvalue weighted by molar-refractivity contribution is 6.34. The van der Waals surface area contributed by atoms with Crippen LogP contribution in [0.1, 0.15) is 10.4 Å². The number of hydrogen-bond acceptors (Lipinski definition) is 3. The van der Waals surface area contributed by atoms with Gasteiger partial charge in [-0.25, -0.2) is 0 Å². The summed E-state index contributed by atoms with van der Waals surface area (Å²) in [5.41, 5.74) is 0.917. The van der Waals surface area contributed by atoms with Crippen LogP contribution in [-0.2, 0) is 0 Å². The normalized spacial score (nSPS) is 9.93. The summed E-state index contributed by atoms with van der Waals surface area (Å²) < 4.78 is 0. The van der Waals surface area contributed by atoms with Crippen molar-refractivity contribution in [2.24, 2.45) is 0 Å². The van der Waals surface area contributed by atoms with Crippen LogP contribution in [0.3, 0.4) is 0 Å². The fourth-order valence-electron chi connectivity index (χ4n) is 1.06. The van der Waals surface area contributed by atoms with E-state index in [9.17, 15) is 4.79 Å². The summed E-state index contributed by atoms with van der Waals surface area (Å²) in [4.78, 5) is 15.5. The molecule has 0 unspecified atom stereocenters. The molecule has 0 bridgehead atoms. The first-order valence-corrected chi connectivity index (χ1v) is 4.55. The number of carbonyl (C=O) groups excluding carboxylic acids is 1. The molecule has 2 heterocycles. The molecule has 2 aromatic heterocycles. The van der Waals surface area contributed by atoms with Gasteiger partial charge >= 0.3 is 0 Å². The van der Waals surface area contributed by atoms with Crippen molar-refractivity contribution in [3.63, 3.8) is 0 Å². The standard InChI is InChI=1S/C9H7ClN4O/c10-8-1-2-11-5-7(8)9(15)14-6-3-12-13-4-6/h1-5H,(H,12,13)(H,14,15). The molecule has 15 heavy (non-hydrogen) atoms. The van der Waals surface area contributed by atoms with Gasteiger partial charge in [0.15, 0.2) is 0 Å². The number of anilines is 1. The van der Waals surface area contributed by atoms with Crippen molar-refractivity contribution < 1.29 is 4.79 Å². The van der Waals surface area contributed by atoms with Crippen LogP contribution in [0.5, 0.6) is 0 Å². The minimum absolute atomic E-state index is 0.311. The lowest BCUT2D eigenvalue weighted by molar-refractivity contribution is 0.102. The van der Waals surface area contributed by atoms with Gasteiger partial charge in [-0.2, -0.15) is 5.10 Å². The van der Waals surface area contributed by atoms with E-state index in [1.54, 1.807) is 12.3 Å². The van der Waals surface area contributed by atoms with Crippen molar-refractivity contribution in [3.8, 4) is 0 Å². The molecule has 2 aromatic rings. The molecular weight excluding hydrogens is 216 g/mol. The molecule has 0 aliphatic carbocycles. The second kappa shape index (κ2) is 4.10. The van der Waals surface area contributed by atoms with E-state index in [1.165, 1.54) is 18.6 Å². The van der Waals surface area contributed by atoms with Crippen molar-refractivity contribution in [1.82, 2.24) is 15.2 Å². The van der Waals surface area contributed by atoms with Crippen molar-refractivity contribution in [2.45, 2.75) is 0 Å². The number of rotatable bonds is 2. The van der Waals surface area contributed by atoms with Crippen LogP contribution in [0.15, 0.2) is 30.9 Å². The van der Waals surface area contributed by atoms with Gasteiger partial charge in [0.25, 0.3) is 5.91 Å². The van der Waals surface area contributed by atoms with Crippen molar-refractivity contribution in [3.05, 3.63) is 41.4 Å². The number of aromatic amines is 1. The molecule has 76 valence electrons. The Morgan fingerprint density at radius 1 is 1.47 bits per heavy atom. The van der Waals surface area contributed by atoms with Gasteiger partial charge in [-0.1, -0.05) is 11.6 Å². The van der Waals surface area contributed by atoms with E-state index >= 15 is 0 Å². The average molecular weight is 223 g/mol. The van der Waals surface area contributed by atoms with Crippen molar-refractivity contribution >= 4 is 23.2 Å². The lowest BCUT2D eigenvalue weighted by Crippen LogP contribution is -2.12. The zero-order chi connectivity index (χ0) is 10.7. The van der Waals surface area contributed by atoms with Gasteiger partial charge in [0, 0.05) is 18.6 Å². The minimum Gasteiger partial charge on any atom is -0.319 e. The summed E-state index contributed by atoms with van der Waals surface area (Å²) >= 11 is 5.83. The minimum atomic E-state index is -0.311. The molecule has 0 atom stereocenters. The highest BCUT2D eigenvalue weighted by Crippen LogP contribution is 2.15. The second-order valence-corrected chi connectivity index (χ2v) is 3.20. The van der Waals surface area contributed by atoms with Gasteiger partial charge in [-0.15, -0.1) is 0 Å². The van der Waals surface area contributed by atoms with Gasteiger partial charge < -0.3 is 5.32 Å². The number of nitrogens with one attached hydrogen (secondary N) is 2. The lowest BCUT2D eigenvalue weighted by Gasteiger charge is -2.02. The van der Waals surface area contributed by atoms with E-state index in [4.69, 9.17) is 11.6 Å². The Labute approximate surface area is 90.5 Å². The molecule has 0 aliphatic rings. The third-order valence-corrected chi connectivity index (χ3v) is 2.10. The lowest BCUT2D eigenvalue weighted by atomic mass is 10.2. The second-order valence-electron chi connectivity index (χ2n) is 2.80. The third-order valence-electron chi connectivity index (χ3n) is 1.77. The topological polar surface area (TPSA) is 70.7 Å². The first-order chi connectivity index (χ1) is 7.27. The number of amides is 1. The molecule has 2 rings (SSSR count). The number of aromatic nitrogens is 3. The van der Waals surface area contributed by atoms with Crippen LogP contribution in [0.4, 0.5) is 5.69 Å². The zero-order valence-electron chi connectivity index (χ0n) is 7.57. The van der Waals surface area contributed by atoms with E-state index < -0.39 is 0 Å². The maximum Gasteiger partial charge on any atom is 0.258 e. The Bertz CT molecular complexity index is 469. The van der Waals surface area contributed by atoms with E-state index in [0.29, 0.717) is 16.3 Å². The van der Waals surface area contributed by atoms with Crippen LogP contribution in [0.2, 0.25) is 5.02 Å². The summed E-state index contributed by atoms with van der Waals surface area (Å²) in [6.07, 6.45) is 6.01. The molecule has 0 radical (unpaired) electrons. The van der Waals surface area contributed by atoms with Crippen molar-refractivity contribution in [1.29, 1.82) is 0 Å². The van der Waals surface area contributed by atoms with Gasteiger partial charge in [0.05, 0.1) is 22.5 Å². The maximum absolute atomic E-state index is 11.7. The number of carbonyl (C=O) groups is 1. The SMILES string of the molecule is O=C(Nc1cn[nH]c1)c1cnccc1Cl. The Morgan fingerprint density at radius 2 is 2.33 bits per heavy atom. The fourth-order valence-corrected chi connectivity index (χ4v) is 1.25. The van der Waals surface area contributed by atoms with Crippen LogP contribution in [0.25, 0.3) is 0 Å². The molecule has 2 N–H and O–H groups in total.